The van der Waals surface area contributed by atoms with E-state index in [-0.39, 0.29) is 23.0 Å². The lowest BCUT2D eigenvalue weighted by Crippen LogP contribution is -2.37. The van der Waals surface area contributed by atoms with Crippen LogP contribution in [0.4, 0.5) is 4.39 Å². The van der Waals surface area contributed by atoms with Crippen LogP contribution in [0.15, 0.2) is 64.4 Å². The lowest BCUT2D eigenvalue weighted by Gasteiger charge is -2.16. The van der Waals surface area contributed by atoms with Gasteiger partial charge in [-0.2, -0.15) is 4.31 Å². The molecule has 0 radical (unpaired) electrons. The molecule has 1 aromatic carbocycles. The van der Waals surface area contributed by atoms with Gasteiger partial charge in [-0.15, -0.1) is 11.3 Å². The number of ether oxygens (including phenoxy) is 1. The monoisotopic (exact) mass is 435 g/mol. The Labute approximate surface area is 171 Å². The quantitative estimate of drug-likeness (QED) is 0.588. The zero-order chi connectivity index (χ0) is 20.9. The largest absolute Gasteiger partial charge is 0.453 e. The van der Waals surface area contributed by atoms with Gasteiger partial charge in [-0.3, -0.25) is 9.78 Å². The molecule has 0 saturated heterocycles. The minimum Gasteiger partial charge on any atom is -0.453 e. The topological polar surface area (TPSA) is 88.6 Å². The summed E-state index contributed by atoms with van der Waals surface area (Å²) in [6.07, 6.45) is 3.05. The fraction of sp³-hybridized carbons (Fsp3) is 0.158. The number of carbonyl (C=O) groups excluding carboxylic acids is 1. The van der Waals surface area contributed by atoms with Crippen molar-refractivity contribution in [2.75, 3.05) is 13.6 Å². The van der Waals surface area contributed by atoms with Crippen molar-refractivity contribution < 1.29 is 22.3 Å². The molecule has 2 aromatic heterocycles. The van der Waals surface area contributed by atoms with Crippen LogP contribution in [0.5, 0.6) is 11.5 Å². The summed E-state index contributed by atoms with van der Waals surface area (Å²) in [4.78, 5) is 16.0. The average molecular weight is 436 g/mol. The molecule has 0 atom stereocenters. The smallest absolute Gasteiger partial charge is 0.252 e. The number of hydrogen-bond acceptors (Lipinski definition) is 6. The lowest BCUT2D eigenvalue weighted by atomic mass is 10.2. The first kappa shape index (κ1) is 20.9. The maximum Gasteiger partial charge on any atom is 0.252 e. The molecule has 2 heterocycles. The van der Waals surface area contributed by atoms with Crippen molar-refractivity contribution in [2.45, 2.75) is 10.8 Å². The molecule has 7 nitrogen and oxygen atoms in total. The highest BCUT2D eigenvalue weighted by atomic mass is 32.2. The van der Waals surface area contributed by atoms with Gasteiger partial charge in [0.25, 0.3) is 10.0 Å². The maximum absolute atomic E-state index is 14.2. The Hall–Kier alpha value is -2.82. The second-order valence-corrected chi connectivity index (χ2v) is 9.24. The van der Waals surface area contributed by atoms with Crippen molar-refractivity contribution >= 4 is 27.3 Å². The standard InChI is InChI=1S/C19H18FN3O4S2/c1-23(29(25,26)19-5-3-9-28-19)13-18(24)22-11-14-6-7-17(16(20)10-14)27-15-4-2-8-21-12-15/h2-10,12H,11,13H2,1H3,(H,22,24). The Morgan fingerprint density at radius 2 is 2.10 bits per heavy atom. The summed E-state index contributed by atoms with van der Waals surface area (Å²) < 4.78 is 45.4. The minimum absolute atomic E-state index is 0.0369. The van der Waals surface area contributed by atoms with Crippen molar-refractivity contribution in [3.05, 3.63) is 71.6 Å². The van der Waals surface area contributed by atoms with Crippen molar-refractivity contribution in [3.8, 4) is 11.5 Å². The Bertz CT molecular complexity index is 1070. The van der Waals surface area contributed by atoms with Gasteiger partial charge in [-0.05, 0) is 41.3 Å². The van der Waals surface area contributed by atoms with E-state index in [1.165, 1.54) is 31.4 Å². The molecule has 1 amide bonds. The number of nitrogens with zero attached hydrogens (tertiary/aromatic N) is 2. The normalized spacial score (nSPS) is 11.4. The summed E-state index contributed by atoms with van der Waals surface area (Å²) in [6, 6.07) is 10.7. The van der Waals surface area contributed by atoms with Crippen LogP contribution in [-0.2, 0) is 21.4 Å². The van der Waals surface area contributed by atoms with Crippen molar-refractivity contribution in [2.24, 2.45) is 0 Å². The van der Waals surface area contributed by atoms with Gasteiger partial charge in [0.1, 0.15) is 9.96 Å². The summed E-state index contributed by atoms with van der Waals surface area (Å²) >= 11 is 1.08. The van der Waals surface area contributed by atoms with Gasteiger partial charge in [-0.25, -0.2) is 12.8 Å². The van der Waals surface area contributed by atoms with Crippen LogP contribution in [0.3, 0.4) is 0 Å². The van der Waals surface area contributed by atoms with Crippen molar-refractivity contribution in [3.63, 3.8) is 0 Å². The van der Waals surface area contributed by atoms with Crippen LogP contribution < -0.4 is 10.1 Å². The van der Waals surface area contributed by atoms with Gasteiger partial charge in [0.15, 0.2) is 11.6 Å². The molecule has 0 bridgehead atoms. The first-order chi connectivity index (χ1) is 13.9. The molecule has 0 aliphatic heterocycles. The van der Waals surface area contributed by atoms with Crippen molar-refractivity contribution in [1.82, 2.24) is 14.6 Å². The van der Waals surface area contributed by atoms with Crippen LogP contribution in [0.1, 0.15) is 5.56 Å². The third-order valence-electron chi connectivity index (χ3n) is 3.87. The molecular formula is C19H18FN3O4S2. The third-order valence-corrected chi connectivity index (χ3v) is 7.05. The SMILES string of the molecule is CN(CC(=O)NCc1ccc(Oc2cccnc2)c(F)c1)S(=O)(=O)c1cccs1. The third kappa shape index (κ3) is 5.37. The fourth-order valence-corrected chi connectivity index (χ4v) is 4.71. The molecule has 10 heteroatoms. The predicted octanol–water partition coefficient (Wildman–Crippen LogP) is 3.01. The number of amides is 1. The number of halogens is 1. The first-order valence-electron chi connectivity index (χ1n) is 8.49. The number of thiophene rings is 1. The summed E-state index contributed by atoms with van der Waals surface area (Å²) in [7, 11) is -2.37. The summed E-state index contributed by atoms with van der Waals surface area (Å²) in [5.74, 6) is -0.640. The van der Waals surface area contributed by atoms with Gasteiger partial charge in [-0.1, -0.05) is 12.1 Å². The van der Waals surface area contributed by atoms with Gasteiger partial charge < -0.3 is 10.1 Å². The van der Waals surface area contributed by atoms with Gasteiger partial charge in [0.05, 0.1) is 12.7 Å². The van der Waals surface area contributed by atoms with Crippen LogP contribution in [-0.4, -0.2) is 37.2 Å². The number of nitrogens with one attached hydrogen (secondary N) is 1. The summed E-state index contributed by atoms with van der Waals surface area (Å²) in [6.45, 7) is -0.291. The highest BCUT2D eigenvalue weighted by molar-refractivity contribution is 7.91. The van der Waals surface area contributed by atoms with E-state index in [2.05, 4.69) is 10.3 Å². The van der Waals surface area contributed by atoms with E-state index in [1.807, 2.05) is 0 Å². The number of rotatable bonds is 8. The molecular weight excluding hydrogens is 417 g/mol. The molecule has 1 N–H and O–H groups in total. The van der Waals surface area contributed by atoms with Crippen LogP contribution in [0, 0.1) is 5.82 Å². The average Bonchev–Trinajstić information content (AvgIpc) is 3.25. The van der Waals surface area contributed by atoms with E-state index in [4.69, 9.17) is 4.74 Å². The highest BCUT2D eigenvalue weighted by Gasteiger charge is 2.23. The Balaban J connectivity index is 1.55. The summed E-state index contributed by atoms with van der Waals surface area (Å²) in [5, 5.41) is 4.23. The second-order valence-electron chi connectivity index (χ2n) is 6.03. The van der Waals surface area contributed by atoms with Crippen LogP contribution in [0.2, 0.25) is 0 Å². The van der Waals surface area contributed by atoms with Crippen LogP contribution >= 0.6 is 11.3 Å². The molecule has 152 valence electrons. The number of aromatic nitrogens is 1. The molecule has 3 aromatic rings. The Morgan fingerprint density at radius 3 is 2.76 bits per heavy atom. The lowest BCUT2D eigenvalue weighted by molar-refractivity contribution is -0.121. The number of likely N-dealkylation sites (N-methyl/N-ethyl adjacent to an activating group) is 1. The van der Waals surface area contributed by atoms with Crippen LogP contribution in [0.25, 0.3) is 0 Å². The second kappa shape index (κ2) is 9.12. The minimum atomic E-state index is -3.71. The zero-order valence-electron chi connectivity index (χ0n) is 15.4. The number of hydrogen-bond donors (Lipinski definition) is 1. The molecule has 0 unspecified atom stereocenters. The van der Waals surface area contributed by atoms with E-state index >= 15 is 0 Å². The maximum atomic E-state index is 14.2. The predicted molar refractivity (Wildman–Crippen MR) is 107 cm³/mol. The van der Waals surface area contributed by atoms with Crippen molar-refractivity contribution in [1.29, 1.82) is 0 Å². The molecule has 0 aliphatic carbocycles. The molecule has 0 aliphatic rings. The zero-order valence-corrected chi connectivity index (χ0v) is 17.0. The Kier molecular flexibility index (Phi) is 6.57. The van der Waals surface area contributed by atoms with E-state index < -0.39 is 21.7 Å². The highest BCUT2D eigenvalue weighted by Crippen LogP contribution is 2.24. The first-order valence-corrected chi connectivity index (χ1v) is 10.8. The van der Waals surface area contributed by atoms with E-state index in [0.717, 1.165) is 15.6 Å². The summed E-state index contributed by atoms with van der Waals surface area (Å²) in [5.41, 5.74) is 0.512. The fourth-order valence-electron chi connectivity index (χ4n) is 2.38. The van der Waals surface area contributed by atoms with E-state index in [0.29, 0.717) is 11.3 Å². The number of benzene rings is 1. The Morgan fingerprint density at radius 1 is 1.28 bits per heavy atom. The molecule has 3 rings (SSSR count). The van der Waals surface area contributed by atoms with E-state index in [9.17, 15) is 17.6 Å². The molecule has 29 heavy (non-hydrogen) atoms. The van der Waals surface area contributed by atoms with Gasteiger partial charge >= 0.3 is 0 Å². The van der Waals surface area contributed by atoms with Gasteiger partial charge in [0, 0.05) is 19.8 Å². The number of sulfonamides is 1. The number of pyridine rings is 1. The molecule has 0 fully saturated rings. The molecule has 0 spiro atoms. The molecule has 0 saturated carbocycles. The van der Waals surface area contributed by atoms with E-state index in [1.54, 1.807) is 35.8 Å². The van der Waals surface area contributed by atoms with Gasteiger partial charge in [0.2, 0.25) is 5.91 Å². The number of carbonyl (C=O) groups is 1.